The molecule has 0 spiro atoms. The van der Waals surface area contributed by atoms with Crippen LogP contribution in [-0.4, -0.2) is 20.4 Å². The summed E-state index contributed by atoms with van der Waals surface area (Å²) in [7, 11) is 0. The number of rotatable bonds is 4. The highest BCUT2D eigenvalue weighted by Gasteiger charge is 2.15. The maximum atomic E-state index is 12.5. The molecule has 0 saturated carbocycles. The van der Waals surface area contributed by atoms with Crippen LogP contribution in [0.3, 0.4) is 0 Å². The summed E-state index contributed by atoms with van der Waals surface area (Å²) < 4.78 is 1.03. The monoisotopic (exact) mass is 426 g/mol. The second-order valence-electron chi connectivity index (χ2n) is 5.43. The Kier molecular flexibility index (Phi) is 5.31. The average Bonchev–Trinajstić information content (AvgIpc) is 2.60. The zero-order chi connectivity index (χ0) is 19.7. The van der Waals surface area contributed by atoms with Crippen molar-refractivity contribution in [2.45, 2.75) is 6.54 Å². The van der Waals surface area contributed by atoms with Crippen LogP contribution in [0, 0.1) is 10.1 Å². The molecule has 138 valence electrons. The van der Waals surface area contributed by atoms with Crippen molar-refractivity contribution in [3.63, 3.8) is 0 Å². The summed E-state index contributed by atoms with van der Waals surface area (Å²) in [5.74, 6) is -0.588. The predicted molar refractivity (Wildman–Crippen MR) is 103 cm³/mol. The van der Waals surface area contributed by atoms with Crippen molar-refractivity contribution < 1.29 is 9.72 Å². The Morgan fingerprint density at radius 3 is 2.48 bits per heavy atom. The molecule has 1 heterocycles. The Morgan fingerprint density at radius 1 is 1.19 bits per heavy atom. The number of carbonyl (C=O) groups is 1. The molecule has 1 aromatic heterocycles. The molecule has 11 heteroatoms. The lowest BCUT2D eigenvalue weighted by Gasteiger charge is -2.11. The van der Waals surface area contributed by atoms with E-state index in [1.807, 2.05) is 0 Å². The van der Waals surface area contributed by atoms with Gasteiger partial charge in [-0.2, -0.15) is 0 Å². The van der Waals surface area contributed by atoms with Gasteiger partial charge in [-0.3, -0.25) is 24.3 Å². The SMILES string of the molecule is O=C(Cn1cnc2ccc([N+](=O)[O-])cc2c1=O)Nc1c(Cl)cc(Cl)cc1Cl. The van der Waals surface area contributed by atoms with Gasteiger partial charge >= 0.3 is 0 Å². The largest absolute Gasteiger partial charge is 0.322 e. The Morgan fingerprint density at radius 2 is 1.85 bits per heavy atom. The van der Waals surface area contributed by atoms with Crippen molar-refractivity contribution in [3.05, 3.63) is 72.2 Å². The number of hydrogen-bond acceptors (Lipinski definition) is 5. The van der Waals surface area contributed by atoms with Crippen LogP contribution in [-0.2, 0) is 11.3 Å². The first-order valence-corrected chi connectivity index (χ1v) is 8.47. The number of aromatic nitrogens is 2. The van der Waals surface area contributed by atoms with E-state index in [2.05, 4.69) is 10.3 Å². The standard InChI is InChI=1S/C16H9Cl3N4O4/c17-8-3-11(18)15(12(19)4-8)21-14(24)6-22-7-20-13-2-1-9(23(26)27)5-10(13)16(22)25/h1-5,7H,6H2,(H,21,24). The van der Waals surface area contributed by atoms with Crippen molar-refractivity contribution in [1.82, 2.24) is 9.55 Å². The van der Waals surface area contributed by atoms with E-state index in [4.69, 9.17) is 34.8 Å². The third-order valence-corrected chi connectivity index (χ3v) is 4.42. The van der Waals surface area contributed by atoms with Crippen molar-refractivity contribution in [1.29, 1.82) is 0 Å². The maximum Gasteiger partial charge on any atom is 0.270 e. The predicted octanol–water partition coefficient (Wildman–Crippen LogP) is 3.90. The molecule has 0 aliphatic carbocycles. The summed E-state index contributed by atoms with van der Waals surface area (Å²) in [6.07, 6.45) is 1.18. The van der Waals surface area contributed by atoms with E-state index in [0.717, 1.165) is 10.6 Å². The van der Waals surface area contributed by atoms with Crippen LogP contribution in [0.2, 0.25) is 15.1 Å². The minimum atomic E-state index is -0.618. The molecule has 27 heavy (non-hydrogen) atoms. The van der Waals surface area contributed by atoms with Gasteiger partial charge in [0.2, 0.25) is 5.91 Å². The van der Waals surface area contributed by atoms with Crippen LogP contribution in [0.1, 0.15) is 0 Å². The highest BCUT2D eigenvalue weighted by atomic mass is 35.5. The van der Waals surface area contributed by atoms with Crippen LogP contribution < -0.4 is 10.9 Å². The third kappa shape index (κ3) is 4.02. The molecular formula is C16H9Cl3N4O4. The van der Waals surface area contributed by atoms with Gasteiger partial charge in [0, 0.05) is 17.2 Å². The van der Waals surface area contributed by atoms with E-state index >= 15 is 0 Å². The number of carbonyl (C=O) groups excluding carboxylic acids is 1. The molecule has 1 amide bonds. The lowest BCUT2D eigenvalue weighted by Crippen LogP contribution is -2.28. The van der Waals surface area contributed by atoms with Gasteiger partial charge in [0.1, 0.15) is 6.54 Å². The van der Waals surface area contributed by atoms with Crippen molar-refractivity contribution in [3.8, 4) is 0 Å². The van der Waals surface area contributed by atoms with Gasteiger partial charge in [0.25, 0.3) is 11.2 Å². The lowest BCUT2D eigenvalue weighted by molar-refractivity contribution is -0.384. The summed E-state index contributed by atoms with van der Waals surface area (Å²) in [4.78, 5) is 39.1. The van der Waals surface area contributed by atoms with E-state index < -0.39 is 16.4 Å². The smallest absolute Gasteiger partial charge is 0.270 e. The van der Waals surface area contributed by atoms with Crippen molar-refractivity contribution >= 4 is 63.0 Å². The molecule has 0 saturated heterocycles. The highest BCUT2D eigenvalue weighted by molar-refractivity contribution is 6.42. The molecule has 0 bridgehead atoms. The van der Waals surface area contributed by atoms with Crippen LogP contribution in [0.5, 0.6) is 0 Å². The fourth-order valence-electron chi connectivity index (χ4n) is 2.37. The maximum absolute atomic E-state index is 12.5. The van der Waals surface area contributed by atoms with Crippen molar-refractivity contribution in [2.75, 3.05) is 5.32 Å². The summed E-state index contributed by atoms with van der Waals surface area (Å²) in [5.41, 5.74) is -0.397. The second kappa shape index (κ2) is 7.51. The van der Waals surface area contributed by atoms with Gasteiger partial charge in [-0.15, -0.1) is 0 Å². The number of nitro benzene ring substituents is 1. The Hall–Kier alpha value is -2.68. The topological polar surface area (TPSA) is 107 Å². The molecular weight excluding hydrogens is 419 g/mol. The number of amides is 1. The number of anilines is 1. The van der Waals surface area contributed by atoms with E-state index in [9.17, 15) is 19.7 Å². The minimum absolute atomic E-state index is 0.0297. The van der Waals surface area contributed by atoms with E-state index in [0.29, 0.717) is 5.02 Å². The van der Waals surface area contributed by atoms with Gasteiger partial charge < -0.3 is 5.32 Å². The summed E-state index contributed by atoms with van der Waals surface area (Å²) >= 11 is 17.8. The minimum Gasteiger partial charge on any atom is -0.322 e. The summed E-state index contributed by atoms with van der Waals surface area (Å²) in [5, 5.41) is 14.0. The normalized spacial score (nSPS) is 10.8. The van der Waals surface area contributed by atoms with Gasteiger partial charge in [0.05, 0.1) is 37.9 Å². The summed E-state index contributed by atoms with van der Waals surface area (Å²) in [6, 6.07) is 6.55. The zero-order valence-electron chi connectivity index (χ0n) is 13.3. The van der Waals surface area contributed by atoms with Crippen LogP contribution in [0.4, 0.5) is 11.4 Å². The molecule has 3 rings (SSSR count). The number of benzene rings is 2. The molecule has 8 nitrogen and oxygen atoms in total. The zero-order valence-corrected chi connectivity index (χ0v) is 15.5. The van der Waals surface area contributed by atoms with Gasteiger partial charge in [-0.1, -0.05) is 34.8 Å². The number of hydrogen-bond donors (Lipinski definition) is 1. The molecule has 1 N–H and O–H groups in total. The number of fused-ring (bicyclic) bond motifs is 1. The molecule has 0 atom stereocenters. The molecule has 0 aliphatic rings. The van der Waals surface area contributed by atoms with E-state index in [1.165, 1.54) is 30.6 Å². The van der Waals surface area contributed by atoms with E-state index in [-0.39, 0.29) is 38.9 Å². The molecule has 3 aromatic rings. The van der Waals surface area contributed by atoms with Gasteiger partial charge in [-0.05, 0) is 18.2 Å². The molecule has 0 radical (unpaired) electrons. The first-order valence-electron chi connectivity index (χ1n) is 7.34. The fraction of sp³-hybridized carbons (Fsp3) is 0.0625. The summed E-state index contributed by atoms with van der Waals surface area (Å²) in [6.45, 7) is -0.389. The van der Waals surface area contributed by atoms with Gasteiger partial charge in [-0.25, -0.2) is 4.98 Å². The molecule has 2 aromatic carbocycles. The quantitative estimate of drug-likeness (QED) is 0.502. The Balaban J connectivity index is 1.90. The number of nitrogens with one attached hydrogen (secondary N) is 1. The lowest BCUT2D eigenvalue weighted by atomic mass is 10.2. The Labute approximate surface area is 166 Å². The molecule has 0 aliphatic heterocycles. The van der Waals surface area contributed by atoms with E-state index in [1.54, 1.807) is 0 Å². The molecule has 0 fully saturated rings. The van der Waals surface area contributed by atoms with Crippen LogP contribution >= 0.6 is 34.8 Å². The fourth-order valence-corrected chi connectivity index (χ4v) is 3.28. The number of nitro groups is 1. The number of nitrogens with zero attached hydrogens (tertiary/aromatic N) is 3. The second-order valence-corrected chi connectivity index (χ2v) is 6.68. The highest BCUT2D eigenvalue weighted by Crippen LogP contribution is 2.33. The average molecular weight is 428 g/mol. The Bertz CT molecular complexity index is 1120. The van der Waals surface area contributed by atoms with Crippen LogP contribution in [0.15, 0.2) is 41.5 Å². The number of halogens is 3. The van der Waals surface area contributed by atoms with Crippen LogP contribution in [0.25, 0.3) is 10.9 Å². The first kappa shape index (κ1) is 19.1. The first-order chi connectivity index (χ1) is 12.8. The molecule has 0 unspecified atom stereocenters. The van der Waals surface area contributed by atoms with Crippen molar-refractivity contribution in [2.24, 2.45) is 0 Å². The van der Waals surface area contributed by atoms with Gasteiger partial charge in [0.15, 0.2) is 0 Å². The number of non-ortho nitro benzene ring substituents is 1. The third-order valence-electron chi connectivity index (χ3n) is 3.60.